The molecule has 2 rings (SSSR count). The summed E-state index contributed by atoms with van der Waals surface area (Å²) in [6, 6.07) is 0.224. The molecule has 0 unspecified atom stereocenters. The first-order valence-electron chi connectivity index (χ1n) is 6.51. The Morgan fingerprint density at radius 3 is 2.70 bits per heavy atom. The van der Waals surface area contributed by atoms with E-state index in [-0.39, 0.29) is 24.7 Å². The number of ether oxygens (including phenoxy) is 2. The van der Waals surface area contributed by atoms with E-state index in [1.165, 1.54) is 7.11 Å². The van der Waals surface area contributed by atoms with Gasteiger partial charge in [0.1, 0.15) is 0 Å². The van der Waals surface area contributed by atoms with E-state index in [0.717, 1.165) is 25.9 Å². The minimum absolute atomic E-state index is 0.0520. The van der Waals surface area contributed by atoms with Crippen molar-refractivity contribution in [1.82, 2.24) is 15.0 Å². The van der Waals surface area contributed by atoms with Crippen LogP contribution in [0, 0.1) is 0 Å². The number of hydrazine groups is 1. The van der Waals surface area contributed by atoms with Gasteiger partial charge < -0.3 is 19.5 Å². The number of nitrogens with zero attached hydrogens (tertiary/aromatic N) is 4. The van der Waals surface area contributed by atoms with Gasteiger partial charge in [-0.2, -0.15) is 15.0 Å². The molecule has 1 aromatic rings. The Morgan fingerprint density at radius 1 is 1.35 bits per heavy atom. The summed E-state index contributed by atoms with van der Waals surface area (Å²) in [7, 11) is 1.49. The smallest absolute Gasteiger partial charge is 0.322 e. The molecule has 1 fully saturated rings. The number of nitrogens with two attached hydrogens (primary N) is 1. The van der Waals surface area contributed by atoms with Gasteiger partial charge in [0.15, 0.2) is 0 Å². The van der Waals surface area contributed by atoms with Crippen molar-refractivity contribution >= 4 is 11.9 Å². The topological polar surface area (TPSA) is 119 Å². The fourth-order valence-corrected chi connectivity index (χ4v) is 2.08. The Morgan fingerprint density at radius 2 is 2.10 bits per heavy atom. The van der Waals surface area contributed by atoms with Crippen molar-refractivity contribution in [3.05, 3.63) is 0 Å². The van der Waals surface area contributed by atoms with E-state index in [1.807, 2.05) is 4.90 Å². The quantitative estimate of drug-likeness (QED) is 0.453. The number of rotatable bonds is 6. The second-order valence-electron chi connectivity index (χ2n) is 4.37. The maximum absolute atomic E-state index is 8.75. The van der Waals surface area contributed by atoms with Crippen molar-refractivity contribution in [3.8, 4) is 6.01 Å². The Kier molecular flexibility index (Phi) is 5.27. The number of nitrogens with one attached hydrogen (secondary N) is 1. The molecule has 0 bridgehead atoms. The molecular formula is C11H20N6O3. The highest BCUT2D eigenvalue weighted by Crippen LogP contribution is 2.20. The molecule has 1 aromatic heterocycles. The van der Waals surface area contributed by atoms with Gasteiger partial charge in [-0.25, -0.2) is 5.84 Å². The van der Waals surface area contributed by atoms with Crippen molar-refractivity contribution in [1.29, 1.82) is 0 Å². The number of nitrogen functional groups attached to an aromatic ring is 1. The Hall–Kier alpha value is -1.71. The largest absolute Gasteiger partial charge is 0.467 e. The number of piperidine rings is 1. The number of aliphatic hydroxyl groups is 1. The standard InChI is InChI=1S/C11H20N6O3/c1-19-11-14-9(16-12)13-10(15-11)17-4-2-8(3-5-17)20-7-6-18/h8,18H,2-7,12H2,1H3,(H,13,14,15,16). The van der Waals surface area contributed by atoms with Crippen LogP contribution in [0.4, 0.5) is 11.9 Å². The van der Waals surface area contributed by atoms with Crippen LogP contribution in [0.1, 0.15) is 12.8 Å². The van der Waals surface area contributed by atoms with Crippen molar-refractivity contribution < 1.29 is 14.6 Å². The van der Waals surface area contributed by atoms with Gasteiger partial charge in [0, 0.05) is 13.1 Å². The first kappa shape index (κ1) is 14.7. The highest BCUT2D eigenvalue weighted by molar-refractivity contribution is 5.38. The lowest BCUT2D eigenvalue weighted by Crippen LogP contribution is -2.38. The van der Waals surface area contributed by atoms with E-state index >= 15 is 0 Å². The summed E-state index contributed by atoms with van der Waals surface area (Å²) in [6.45, 7) is 1.97. The number of methoxy groups -OCH3 is 1. The molecule has 0 amide bonds. The zero-order valence-corrected chi connectivity index (χ0v) is 11.4. The van der Waals surface area contributed by atoms with Gasteiger partial charge in [0.2, 0.25) is 11.9 Å². The molecule has 0 atom stereocenters. The van der Waals surface area contributed by atoms with E-state index < -0.39 is 0 Å². The fourth-order valence-electron chi connectivity index (χ4n) is 2.08. The monoisotopic (exact) mass is 284 g/mol. The number of anilines is 2. The predicted octanol–water partition coefficient (Wildman–Crippen LogP) is -0.857. The lowest BCUT2D eigenvalue weighted by Gasteiger charge is -2.31. The maximum Gasteiger partial charge on any atom is 0.322 e. The van der Waals surface area contributed by atoms with Crippen LogP contribution in [0.2, 0.25) is 0 Å². The van der Waals surface area contributed by atoms with E-state index in [2.05, 4.69) is 20.4 Å². The second-order valence-corrected chi connectivity index (χ2v) is 4.37. The van der Waals surface area contributed by atoms with E-state index in [9.17, 15) is 0 Å². The highest BCUT2D eigenvalue weighted by Gasteiger charge is 2.22. The Balaban J connectivity index is 1.99. The number of hydrogen-bond acceptors (Lipinski definition) is 9. The zero-order chi connectivity index (χ0) is 14.4. The summed E-state index contributed by atoms with van der Waals surface area (Å²) in [4.78, 5) is 14.4. The van der Waals surface area contributed by atoms with Crippen molar-refractivity contribution in [2.24, 2.45) is 5.84 Å². The summed E-state index contributed by atoms with van der Waals surface area (Å²) in [6.07, 6.45) is 1.90. The molecule has 9 heteroatoms. The molecule has 9 nitrogen and oxygen atoms in total. The first-order chi connectivity index (χ1) is 9.76. The van der Waals surface area contributed by atoms with Gasteiger partial charge in [-0.1, -0.05) is 0 Å². The van der Waals surface area contributed by atoms with Crippen LogP contribution < -0.4 is 20.9 Å². The Labute approximate surface area is 117 Å². The minimum Gasteiger partial charge on any atom is -0.467 e. The first-order valence-corrected chi connectivity index (χ1v) is 6.51. The normalized spacial score (nSPS) is 16.2. The summed E-state index contributed by atoms with van der Waals surface area (Å²) in [5.41, 5.74) is 2.40. The molecule has 2 heterocycles. The molecular weight excluding hydrogens is 264 g/mol. The van der Waals surface area contributed by atoms with Crippen molar-refractivity contribution in [2.45, 2.75) is 18.9 Å². The van der Waals surface area contributed by atoms with Crippen LogP contribution in [0.15, 0.2) is 0 Å². The highest BCUT2D eigenvalue weighted by atomic mass is 16.5. The molecule has 0 aliphatic carbocycles. The van der Waals surface area contributed by atoms with Crippen LogP contribution in [-0.2, 0) is 4.74 Å². The average Bonchev–Trinajstić information content (AvgIpc) is 2.52. The molecule has 1 aliphatic heterocycles. The third-order valence-corrected chi connectivity index (χ3v) is 3.08. The summed E-state index contributed by atoms with van der Waals surface area (Å²) >= 11 is 0. The van der Waals surface area contributed by atoms with Crippen LogP contribution in [-0.4, -0.2) is 59.6 Å². The number of aliphatic hydroxyl groups excluding tert-OH is 1. The molecule has 20 heavy (non-hydrogen) atoms. The lowest BCUT2D eigenvalue weighted by atomic mass is 10.1. The molecule has 0 saturated carbocycles. The summed E-state index contributed by atoms with van der Waals surface area (Å²) in [5, 5.41) is 8.75. The summed E-state index contributed by atoms with van der Waals surface area (Å²) < 4.78 is 10.5. The lowest BCUT2D eigenvalue weighted by molar-refractivity contribution is 0.0157. The van der Waals surface area contributed by atoms with Gasteiger partial charge >= 0.3 is 6.01 Å². The number of aromatic nitrogens is 3. The molecule has 1 saturated heterocycles. The molecule has 4 N–H and O–H groups in total. The fraction of sp³-hybridized carbons (Fsp3) is 0.727. The van der Waals surface area contributed by atoms with E-state index in [4.69, 9.17) is 20.4 Å². The van der Waals surface area contributed by atoms with Crippen LogP contribution in [0.5, 0.6) is 6.01 Å². The van der Waals surface area contributed by atoms with Crippen molar-refractivity contribution in [3.63, 3.8) is 0 Å². The molecule has 0 spiro atoms. The Bertz CT molecular complexity index is 402. The molecule has 112 valence electrons. The minimum atomic E-state index is 0.0520. The second kappa shape index (κ2) is 7.17. The van der Waals surface area contributed by atoms with Crippen LogP contribution in [0.25, 0.3) is 0 Å². The van der Waals surface area contributed by atoms with Crippen LogP contribution >= 0.6 is 0 Å². The maximum atomic E-state index is 8.75. The van der Waals surface area contributed by atoms with E-state index in [0.29, 0.717) is 12.6 Å². The summed E-state index contributed by atoms with van der Waals surface area (Å²) in [5.74, 6) is 6.13. The van der Waals surface area contributed by atoms with Gasteiger partial charge in [-0.3, -0.25) is 5.43 Å². The molecule has 1 aliphatic rings. The number of hydrogen-bond donors (Lipinski definition) is 3. The average molecular weight is 284 g/mol. The molecule has 0 aromatic carbocycles. The van der Waals surface area contributed by atoms with Gasteiger partial charge in [0.25, 0.3) is 0 Å². The molecule has 0 radical (unpaired) electrons. The predicted molar refractivity (Wildman–Crippen MR) is 72.5 cm³/mol. The van der Waals surface area contributed by atoms with Gasteiger partial charge in [-0.15, -0.1) is 0 Å². The SMILES string of the molecule is COc1nc(NN)nc(N2CCC(OCCO)CC2)n1. The third kappa shape index (κ3) is 3.65. The van der Waals surface area contributed by atoms with Gasteiger partial charge in [-0.05, 0) is 12.8 Å². The third-order valence-electron chi connectivity index (χ3n) is 3.08. The van der Waals surface area contributed by atoms with Gasteiger partial charge in [0.05, 0.1) is 26.4 Å². The zero-order valence-electron chi connectivity index (χ0n) is 11.4. The van der Waals surface area contributed by atoms with E-state index in [1.54, 1.807) is 0 Å². The van der Waals surface area contributed by atoms with Crippen molar-refractivity contribution in [2.75, 3.05) is 43.7 Å². The van der Waals surface area contributed by atoms with Crippen LogP contribution in [0.3, 0.4) is 0 Å².